The van der Waals surface area contributed by atoms with Gasteiger partial charge in [-0.25, -0.2) is 4.98 Å². The molecule has 1 N–H and O–H groups in total. The van der Waals surface area contributed by atoms with Crippen LogP contribution >= 0.6 is 22.7 Å². The fourth-order valence-electron chi connectivity index (χ4n) is 2.74. The summed E-state index contributed by atoms with van der Waals surface area (Å²) in [5.41, 5.74) is 0.852. The molecule has 4 heterocycles. The molecule has 23 heavy (non-hydrogen) atoms. The van der Waals surface area contributed by atoms with Gasteiger partial charge in [-0.05, 0) is 22.9 Å². The lowest BCUT2D eigenvalue weighted by molar-refractivity contribution is -0.129. The van der Waals surface area contributed by atoms with Gasteiger partial charge in [-0.15, -0.1) is 22.7 Å². The van der Waals surface area contributed by atoms with Gasteiger partial charge in [-0.1, -0.05) is 12.1 Å². The molecule has 1 aliphatic rings. The topological polar surface area (TPSA) is 58.4 Å². The van der Waals surface area contributed by atoms with E-state index in [-0.39, 0.29) is 11.9 Å². The van der Waals surface area contributed by atoms with Gasteiger partial charge < -0.3 is 9.73 Å². The molecule has 7 heteroatoms. The summed E-state index contributed by atoms with van der Waals surface area (Å²) in [6, 6.07) is 7.71. The number of nitrogens with one attached hydrogen (secondary N) is 1. The normalized spacial score (nSPS) is 19.0. The van der Waals surface area contributed by atoms with Crippen LogP contribution in [0.2, 0.25) is 0 Å². The van der Waals surface area contributed by atoms with Crippen molar-refractivity contribution in [2.24, 2.45) is 0 Å². The molecule has 4 rings (SSSR count). The van der Waals surface area contributed by atoms with Crippen molar-refractivity contribution in [1.29, 1.82) is 0 Å². The van der Waals surface area contributed by atoms with E-state index >= 15 is 0 Å². The van der Waals surface area contributed by atoms with E-state index in [4.69, 9.17) is 4.42 Å². The van der Waals surface area contributed by atoms with E-state index in [0.29, 0.717) is 19.0 Å². The van der Waals surface area contributed by atoms with Crippen molar-refractivity contribution in [2.75, 3.05) is 13.1 Å². The summed E-state index contributed by atoms with van der Waals surface area (Å²) in [5.74, 6) is 0.699. The van der Waals surface area contributed by atoms with E-state index < -0.39 is 0 Å². The lowest BCUT2D eigenvalue weighted by atomic mass is 10.1. The molecule has 1 atom stereocenters. The van der Waals surface area contributed by atoms with Crippen molar-refractivity contribution in [3.8, 4) is 10.8 Å². The Balaban J connectivity index is 1.56. The molecule has 1 aliphatic heterocycles. The molecule has 1 fully saturated rings. The highest BCUT2D eigenvalue weighted by Crippen LogP contribution is 2.29. The second-order valence-electron chi connectivity index (χ2n) is 5.30. The molecule has 0 radical (unpaired) electrons. The second kappa shape index (κ2) is 6.27. The van der Waals surface area contributed by atoms with Crippen molar-refractivity contribution in [1.82, 2.24) is 15.2 Å². The molecule has 1 saturated heterocycles. The summed E-state index contributed by atoms with van der Waals surface area (Å²) < 4.78 is 5.58. The van der Waals surface area contributed by atoms with Crippen LogP contribution in [0.1, 0.15) is 16.6 Å². The molecule has 0 spiro atoms. The Labute approximate surface area is 141 Å². The first-order valence-corrected chi connectivity index (χ1v) is 9.10. The highest BCUT2D eigenvalue weighted by molar-refractivity contribution is 7.13. The Bertz CT molecular complexity index is 780. The van der Waals surface area contributed by atoms with Crippen molar-refractivity contribution in [2.45, 2.75) is 12.6 Å². The Kier molecular flexibility index (Phi) is 3.99. The number of hydrogen-bond acceptors (Lipinski definition) is 6. The average Bonchev–Trinajstić information content (AvgIpc) is 3.30. The van der Waals surface area contributed by atoms with Gasteiger partial charge in [-0.2, -0.15) is 0 Å². The van der Waals surface area contributed by atoms with Gasteiger partial charge >= 0.3 is 0 Å². The standard InChI is InChI=1S/C16H15N3O2S2/c20-15-14(12-3-1-7-22-12)19(6-5-17-15)9-11-10-21-16(18-11)13-4-2-8-23-13/h1-4,7-8,10,14H,5-6,9H2,(H,17,20)/t14-/m1/s1. The number of piperazine rings is 1. The number of nitrogens with zero attached hydrogens (tertiary/aromatic N) is 2. The van der Waals surface area contributed by atoms with Crippen molar-refractivity contribution < 1.29 is 9.21 Å². The third kappa shape index (κ3) is 2.95. The van der Waals surface area contributed by atoms with Gasteiger partial charge in [-0.3, -0.25) is 9.69 Å². The highest BCUT2D eigenvalue weighted by Gasteiger charge is 2.32. The average molecular weight is 345 g/mol. The number of aromatic nitrogens is 1. The predicted octanol–water partition coefficient (Wildman–Crippen LogP) is 3.14. The fourth-order valence-corrected chi connectivity index (χ4v) is 4.25. The van der Waals surface area contributed by atoms with Crippen molar-refractivity contribution >= 4 is 28.6 Å². The van der Waals surface area contributed by atoms with Crippen LogP contribution in [-0.2, 0) is 11.3 Å². The van der Waals surface area contributed by atoms with Crippen LogP contribution < -0.4 is 5.32 Å². The number of hydrogen-bond donors (Lipinski definition) is 1. The van der Waals surface area contributed by atoms with E-state index in [0.717, 1.165) is 22.0 Å². The van der Waals surface area contributed by atoms with Crippen LogP contribution in [0, 0.1) is 0 Å². The zero-order valence-electron chi connectivity index (χ0n) is 12.3. The first kappa shape index (κ1) is 14.6. The number of rotatable bonds is 4. The van der Waals surface area contributed by atoms with E-state index in [1.54, 1.807) is 28.9 Å². The van der Waals surface area contributed by atoms with Crippen LogP contribution in [0.4, 0.5) is 0 Å². The molecular weight excluding hydrogens is 330 g/mol. The van der Waals surface area contributed by atoms with E-state index in [9.17, 15) is 4.79 Å². The summed E-state index contributed by atoms with van der Waals surface area (Å²) in [7, 11) is 0. The highest BCUT2D eigenvalue weighted by atomic mass is 32.1. The van der Waals surface area contributed by atoms with Crippen LogP contribution in [0.5, 0.6) is 0 Å². The molecule has 0 unspecified atom stereocenters. The molecule has 0 saturated carbocycles. The molecule has 3 aromatic rings. The minimum atomic E-state index is -0.245. The maximum Gasteiger partial charge on any atom is 0.242 e. The summed E-state index contributed by atoms with van der Waals surface area (Å²) in [6.07, 6.45) is 1.69. The van der Waals surface area contributed by atoms with Gasteiger partial charge in [0, 0.05) is 24.5 Å². The van der Waals surface area contributed by atoms with E-state index in [2.05, 4.69) is 15.2 Å². The number of carbonyl (C=O) groups is 1. The van der Waals surface area contributed by atoms with E-state index in [1.165, 1.54) is 0 Å². The number of carbonyl (C=O) groups excluding carboxylic acids is 1. The van der Waals surface area contributed by atoms with Crippen LogP contribution in [-0.4, -0.2) is 28.9 Å². The smallest absolute Gasteiger partial charge is 0.242 e. The van der Waals surface area contributed by atoms with Crippen LogP contribution in [0.15, 0.2) is 45.7 Å². The third-order valence-electron chi connectivity index (χ3n) is 3.77. The van der Waals surface area contributed by atoms with Gasteiger partial charge in [0.15, 0.2) is 0 Å². The molecule has 0 aliphatic carbocycles. The maximum absolute atomic E-state index is 12.3. The summed E-state index contributed by atoms with van der Waals surface area (Å²) >= 11 is 3.21. The lowest BCUT2D eigenvalue weighted by Crippen LogP contribution is -2.49. The number of amides is 1. The molecule has 3 aromatic heterocycles. The first-order chi connectivity index (χ1) is 11.3. The second-order valence-corrected chi connectivity index (χ2v) is 7.23. The zero-order chi connectivity index (χ0) is 15.6. The molecule has 0 bridgehead atoms. The monoisotopic (exact) mass is 345 g/mol. The Morgan fingerprint density at radius 3 is 2.96 bits per heavy atom. The Morgan fingerprint density at radius 2 is 2.17 bits per heavy atom. The molecule has 0 aromatic carbocycles. The zero-order valence-corrected chi connectivity index (χ0v) is 13.9. The number of thiophene rings is 2. The first-order valence-electron chi connectivity index (χ1n) is 7.35. The van der Waals surface area contributed by atoms with Crippen molar-refractivity contribution in [3.05, 3.63) is 51.9 Å². The van der Waals surface area contributed by atoms with Gasteiger partial charge in [0.05, 0.1) is 10.6 Å². The Hall–Kier alpha value is -1.96. The minimum Gasteiger partial charge on any atom is -0.444 e. The van der Waals surface area contributed by atoms with Crippen molar-refractivity contribution in [3.63, 3.8) is 0 Å². The molecule has 5 nitrogen and oxygen atoms in total. The third-order valence-corrected chi connectivity index (χ3v) is 5.56. The van der Waals surface area contributed by atoms with Gasteiger partial charge in [0.2, 0.25) is 11.8 Å². The molecule has 1 amide bonds. The lowest BCUT2D eigenvalue weighted by Gasteiger charge is -2.33. The quantitative estimate of drug-likeness (QED) is 0.789. The van der Waals surface area contributed by atoms with Crippen LogP contribution in [0.3, 0.4) is 0 Å². The summed E-state index contributed by atoms with van der Waals surface area (Å²) in [4.78, 5) is 21.1. The number of oxazole rings is 1. The molecule has 118 valence electrons. The maximum atomic E-state index is 12.3. The molecular formula is C16H15N3O2S2. The SMILES string of the molecule is O=C1NCCN(Cc2coc(-c3cccs3)n2)[C@@H]1c1cccs1. The predicted molar refractivity (Wildman–Crippen MR) is 90.3 cm³/mol. The largest absolute Gasteiger partial charge is 0.444 e. The summed E-state index contributed by atoms with van der Waals surface area (Å²) in [5, 5.41) is 6.95. The van der Waals surface area contributed by atoms with Gasteiger partial charge in [0.1, 0.15) is 12.3 Å². The Morgan fingerprint density at radius 1 is 1.30 bits per heavy atom. The summed E-state index contributed by atoms with van der Waals surface area (Å²) in [6.45, 7) is 2.07. The van der Waals surface area contributed by atoms with Gasteiger partial charge in [0.25, 0.3) is 0 Å². The minimum absolute atomic E-state index is 0.0562. The fraction of sp³-hybridized carbons (Fsp3) is 0.250. The van der Waals surface area contributed by atoms with Crippen LogP contribution in [0.25, 0.3) is 10.8 Å². The van der Waals surface area contributed by atoms with E-state index in [1.807, 2.05) is 35.0 Å².